The largest absolute Gasteiger partial charge is 0.478 e. The molecule has 1 aliphatic rings. The van der Waals surface area contributed by atoms with Crippen LogP contribution in [0.3, 0.4) is 0 Å². The Hall–Kier alpha value is -3.89. The molecule has 5 rings (SSSR count). The smallest absolute Gasteiger partial charge is 0.335 e. The van der Waals surface area contributed by atoms with Crippen LogP contribution in [-0.4, -0.2) is 25.0 Å². The van der Waals surface area contributed by atoms with Gasteiger partial charge in [0.25, 0.3) is 0 Å². The van der Waals surface area contributed by atoms with Crippen molar-refractivity contribution in [3.05, 3.63) is 102 Å². The second kappa shape index (κ2) is 10.3. The molecule has 0 atom stereocenters. The van der Waals surface area contributed by atoms with E-state index in [0.717, 1.165) is 40.0 Å². The van der Waals surface area contributed by atoms with Gasteiger partial charge < -0.3 is 14.6 Å². The van der Waals surface area contributed by atoms with Crippen molar-refractivity contribution in [2.45, 2.75) is 51.4 Å². The van der Waals surface area contributed by atoms with Gasteiger partial charge >= 0.3 is 5.97 Å². The van der Waals surface area contributed by atoms with Crippen LogP contribution in [0.1, 0.15) is 62.0 Å². The lowest BCUT2D eigenvalue weighted by Crippen LogP contribution is -2.33. The van der Waals surface area contributed by atoms with Gasteiger partial charge in [0, 0.05) is 7.11 Å². The number of aromatic carboxylic acids is 1. The molecule has 0 amide bonds. The molecule has 0 spiro atoms. The highest BCUT2D eigenvalue weighted by Crippen LogP contribution is 2.47. The van der Waals surface area contributed by atoms with E-state index >= 15 is 0 Å². The van der Waals surface area contributed by atoms with Crippen LogP contribution in [0, 0.1) is 0 Å². The van der Waals surface area contributed by atoms with E-state index in [9.17, 15) is 9.90 Å². The van der Waals surface area contributed by atoms with E-state index in [-0.39, 0.29) is 23.2 Å². The van der Waals surface area contributed by atoms with E-state index in [1.807, 2.05) is 30.3 Å². The van der Waals surface area contributed by atoms with Crippen LogP contribution in [0.25, 0.3) is 33.4 Å². The van der Waals surface area contributed by atoms with Gasteiger partial charge in [-0.1, -0.05) is 82.3 Å². The molecule has 0 aliphatic heterocycles. The standard InChI is InChI=1S/C35H36O4/c1-34(2)17-18-35(3,4)32-21-27(14-16-31(32)34)30-20-25(23-9-11-24(12-10-23)33(36)37)13-15-29(30)26-7-6-8-28(19-26)39-22-38-5/h6-16,19-21H,17-18,22H2,1-5H3,(H,36,37). The molecule has 0 heterocycles. The molecule has 4 heteroatoms. The van der Waals surface area contributed by atoms with E-state index in [1.165, 1.54) is 23.1 Å². The van der Waals surface area contributed by atoms with Crippen LogP contribution in [0.2, 0.25) is 0 Å². The molecule has 0 saturated carbocycles. The van der Waals surface area contributed by atoms with Crippen LogP contribution in [-0.2, 0) is 15.6 Å². The average molecular weight is 521 g/mol. The number of carbonyl (C=O) groups is 1. The maximum atomic E-state index is 11.4. The Labute approximate surface area is 231 Å². The minimum absolute atomic E-state index is 0.0964. The van der Waals surface area contributed by atoms with Gasteiger partial charge in [0.15, 0.2) is 6.79 Å². The molecule has 0 saturated heterocycles. The third-order valence-corrected chi connectivity index (χ3v) is 8.14. The van der Waals surface area contributed by atoms with Crippen molar-refractivity contribution in [1.29, 1.82) is 0 Å². The molecular weight excluding hydrogens is 484 g/mol. The fourth-order valence-corrected chi connectivity index (χ4v) is 5.66. The Bertz CT molecular complexity index is 1510. The van der Waals surface area contributed by atoms with Gasteiger partial charge in [0.2, 0.25) is 0 Å². The van der Waals surface area contributed by atoms with Gasteiger partial charge in [-0.2, -0.15) is 0 Å². The topological polar surface area (TPSA) is 55.8 Å². The maximum Gasteiger partial charge on any atom is 0.335 e. The highest BCUT2D eigenvalue weighted by Gasteiger charge is 2.37. The third-order valence-electron chi connectivity index (χ3n) is 8.14. The molecule has 0 fully saturated rings. The highest BCUT2D eigenvalue weighted by atomic mass is 16.7. The fourth-order valence-electron chi connectivity index (χ4n) is 5.66. The summed E-state index contributed by atoms with van der Waals surface area (Å²) in [5, 5.41) is 9.34. The summed E-state index contributed by atoms with van der Waals surface area (Å²) in [4.78, 5) is 11.4. The van der Waals surface area contributed by atoms with Crippen LogP contribution in [0.15, 0.2) is 84.9 Å². The highest BCUT2D eigenvalue weighted by molar-refractivity contribution is 5.90. The van der Waals surface area contributed by atoms with Gasteiger partial charge in [-0.25, -0.2) is 4.79 Å². The van der Waals surface area contributed by atoms with Gasteiger partial charge in [-0.3, -0.25) is 0 Å². The first-order chi connectivity index (χ1) is 18.6. The Morgan fingerprint density at radius 2 is 1.36 bits per heavy atom. The number of carboxylic acid groups (broad SMARTS) is 1. The van der Waals surface area contributed by atoms with Crippen LogP contribution in [0.4, 0.5) is 0 Å². The summed E-state index contributed by atoms with van der Waals surface area (Å²) in [6.07, 6.45) is 2.33. The number of fused-ring (bicyclic) bond motifs is 1. The molecule has 0 bridgehead atoms. The first-order valence-electron chi connectivity index (χ1n) is 13.4. The van der Waals surface area contributed by atoms with Gasteiger partial charge in [0.05, 0.1) is 5.56 Å². The predicted octanol–water partition coefficient (Wildman–Crippen LogP) is 8.72. The summed E-state index contributed by atoms with van der Waals surface area (Å²) in [6.45, 7) is 9.58. The van der Waals surface area contributed by atoms with Gasteiger partial charge in [-0.15, -0.1) is 0 Å². The number of carboxylic acids is 1. The van der Waals surface area contributed by atoms with E-state index in [4.69, 9.17) is 9.47 Å². The summed E-state index contributed by atoms with van der Waals surface area (Å²) in [5.41, 5.74) is 9.84. The minimum Gasteiger partial charge on any atom is -0.478 e. The lowest BCUT2D eigenvalue weighted by atomic mass is 9.63. The molecule has 200 valence electrons. The third kappa shape index (κ3) is 5.35. The average Bonchev–Trinajstić information content (AvgIpc) is 2.94. The fraction of sp³-hybridized carbons (Fsp3) is 0.286. The molecule has 1 N–H and O–H groups in total. The van der Waals surface area contributed by atoms with Crippen LogP contribution < -0.4 is 4.74 Å². The molecule has 1 aliphatic carbocycles. The summed E-state index contributed by atoms with van der Waals surface area (Å²) in [6, 6.07) is 28.6. The van der Waals surface area contributed by atoms with Crippen molar-refractivity contribution in [3.8, 4) is 39.1 Å². The first-order valence-corrected chi connectivity index (χ1v) is 13.4. The van der Waals surface area contributed by atoms with Crippen molar-refractivity contribution in [1.82, 2.24) is 0 Å². The molecule has 0 radical (unpaired) electrons. The Kier molecular flexibility index (Phi) is 7.09. The van der Waals surface area contributed by atoms with Crippen molar-refractivity contribution in [2.75, 3.05) is 13.9 Å². The van der Waals surface area contributed by atoms with Crippen LogP contribution in [0.5, 0.6) is 5.75 Å². The van der Waals surface area contributed by atoms with E-state index in [1.54, 1.807) is 19.2 Å². The summed E-state index contributed by atoms with van der Waals surface area (Å²) in [7, 11) is 1.61. The van der Waals surface area contributed by atoms with E-state index < -0.39 is 5.97 Å². The van der Waals surface area contributed by atoms with Crippen molar-refractivity contribution >= 4 is 5.97 Å². The molecule has 4 nitrogen and oxygen atoms in total. The van der Waals surface area contributed by atoms with E-state index in [0.29, 0.717) is 0 Å². The van der Waals surface area contributed by atoms with Gasteiger partial charge in [-0.05, 0) is 98.5 Å². The quantitative estimate of drug-likeness (QED) is 0.248. The SMILES string of the molecule is COCOc1cccc(-c2ccc(-c3ccc(C(=O)O)cc3)cc2-c2ccc3c(c2)C(C)(C)CCC3(C)C)c1. The molecule has 4 aromatic rings. The summed E-state index contributed by atoms with van der Waals surface area (Å²) in [5.74, 6) is -0.172. The minimum atomic E-state index is -0.923. The van der Waals surface area contributed by atoms with Crippen molar-refractivity contribution in [2.24, 2.45) is 0 Å². The van der Waals surface area contributed by atoms with E-state index in [2.05, 4.69) is 70.2 Å². The number of hydrogen-bond acceptors (Lipinski definition) is 3. The Morgan fingerprint density at radius 3 is 2.05 bits per heavy atom. The lowest BCUT2D eigenvalue weighted by Gasteiger charge is -2.42. The number of rotatable bonds is 7. The second-order valence-electron chi connectivity index (χ2n) is 11.7. The zero-order chi connectivity index (χ0) is 27.8. The number of methoxy groups -OCH3 is 1. The lowest BCUT2D eigenvalue weighted by molar-refractivity contribution is 0.0511. The normalized spacial score (nSPS) is 15.4. The zero-order valence-corrected chi connectivity index (χ0v) is 23.4. The predicted molar refractivity (Wildman–Crippen MR) is 157 cm³/mol. The number of ether oxygens (including phenoxy) is 2. The Balaban J connectivity index is 1.68. The molecule has 39 heavy (non-hydrogen) atoms. The van der Waals surface area contributed by atoms with Crippen LogP contribution >= 0.6 is 0 Å². The summed E-state index contributed by atoms with van der Waals surface area (Å²) >= 11 is 0. The molecule has 0 aromatic heterocycles. The Morgan fingerprint density at radius 1 is 0.718 bits per heavy atom. The molecular formula is C35H36O4. The zero-order valence-electron chi connectivity index (χ0n) is 23.4. The molecule has 4 aromatic carbocycles. The van der Waals surface area contributed by atoms with Gasteiger partial charge in [0.1, 0.15) is 5.75 Å². The van der Waals surface area contributed by atoms with Crippen molar-refractivity contribution < 1.29 is 19.4 Å². The maximum absolute atomic E-state index is 11.4. The summed E-state index contributed by atoms with van der Waals surface area (Å²) < 4.78 is 10.8. The number of benzene rings is 4. The monoisotopic (exact) mass is 520 g/mol. The first kappa shape index (κ1) is 26.7. The number of hydrogen-bond donors (Lipinski definition) is 1. The van der Waals surface area contributed by atoms with Crippen molar-refractivity contribution in [3.63, 3.8) is 0 Å². The second-order valence-corrected chi connectivity index (χ2v) is 11.7. The molecule has 0 unspecified atom stereocenters.